The van der Waals surface area contributed by atoms with E-state index >= 15 is 0 Å². The highest BCUT2D eigenvalue weighted by Crippen LogP contribution is 2.06. The number of hydrogen-bond donors (Lipinski definition) is 2. The van der Waals surface area contributed by atoms with E-state index in [9.17, 15) is 4.79 Å². The van der Waals surface area contributed by atoms with Crippen LogP contribution in [0, 0.1) is 0 Å². The largest absolute Gasteiger partial charge is 0.459 e. The summed E-state index contributed by atoms with van der Waals surface area (Å²) in [5.74, 6) is 0.292. The molecule has 0 aromatic carbocycles. The minimum absolute atomic E-state index is 0.0100. The van der Waals surface area contributed by atoms with Gasteiger partial charge in [0, 0.05) is 32.0 Å². The van der Waals surface area contributed by atoms with E-state index in [0.717, 1.165) is 19.6 Å². The predicted octanol–water partition coefficient (Wildman–Crippen LogP) is 1.38. The van der Waals surface area contributed by atoms with Crippen molar-refractivity contribution in [2.45, 2.75) is 39.8 Å². The minimum atomic E-state index is -0.479. The molecular formula is C15H26N4O2. The van der Waals surface area contributed by atoms with Gasteiger partial charge in [-0.1, -0.05) is 0 Å². The van der Waals surface area contributed by atoms with Crippen LogP contribution in [0.15, 0.2) is 29.5 Å². The Morgan fingerprint density at radius 3 is 2.48 bits per heavy atom. The molecule has 1 aromatic heterocycles. The summed E-state index contributed by atoms with van der Waals surface area (Å²) in [6.45, 7) is 9.83. The van der Waals surface area contributed by atoms with Crippen molar-refractivity contribution in [3.8, 4) is 0 Å². The van der Waals surface area contributed by atoms with Gasteiger partial charge in [0.15, 0.2) is 5.96 Å². The fraction of sp³-hybridized carbons (Fsp3) is 0.600. The van der Waals surface area contributed by atoms with E-state index in [1.165, 1.54) is 0 Å². The number of nitrogens with one attached hydrogen (secondary N) is 2. The number of aromatic nitrogens is 1. The van der Waals surface area contributed by atoms with Crippen LogP contribution in [0.5, 0.6) is 0 Å². The van der Waals surface area contributed by atoms with Crippen molar-refractivity contribution in [3.63, 3.8) is 0 Å². The van der Waals surface area contributed by atoms with Crippen LogP contribution >= 0.6 is 0 Å². The summed E-state index contributed by atoms with van der Waals surface area (Å²) in [7, 11) is 0. The molecule has 2 N–H and O–H groups in total. The Labute approximate surface area is 126 Å². The molecule has 118 valence electrons. The lowest BCUT2D eigenvalue weighted by Crippen LogP contribution is -2.39. The predicted molar refractivity (Wildman–Crippen MR) is 84.3 cm³/mol. The molecule has 6 heteroatoms. The molecule has 0 amide bonds. The second kappa shape index (κ2) is 8.34. The van der Waals surface area contributed by atoms with E-state index in [0.29, 0.717) is 5.96 Å². The zero-order valence-electron chi connectivity index (χ0n) is 13.3. The first-order chi connectivity index (χ1) is 9.90. The number of guanidine groups is 1. The third-order valence-electron chi connectivity index (χ3n) is 2.46. The Hall–Kier alpha value is -1.98. The molecule has 1 heterocycles. The molecule has 0 saturated carbocycles. The topological polar surface area (TPSA) is 67.7 Å². The molecule has 0 saturated heterocycles. The third-order valence-corrected chi connectivity index (χ3v) is 2.46. The van der Waals surface area contributed by atoms with Crippen molar-refractivity contribution in [2.75, 3.05) is 19.6 Å². The second-order valence-electron chi connectivity index (χ2n) is 5.63. The fourth-order valence-electron chi connectivity index (χ4n) is 1.68. The fourth-order valence-corrected chi connectivity index (χ4v) is 1.68. The van der Waals surface area contributed by atoms with Gasteiger partial charge >= 0.3 is 5.97 Å². The van der Waals surface area contributed by atoms with Crippen molar-refractivity contribution in [1.29, 1.82) is 0 Å². The summed E-state index contributed by atoms with van der Waals surface area (Å²) >= 11 is 0. The first-order valence-corrected chi connectivity index (χ1v) is 7.25. The number of carbonyl (C=O) groups excluding carboxylic acids is 1. The first kappa shape index (κ1) is 17.1. The van der Waals surface area contributed by atoms with Crippen LogP contribution in [0.25, 0.3) is 0 Å². The molecule has 21 heavy (non-hydrogen) atoms. The number of esters is 1. The van der Waals surface area contributed by atoms with Gasteiger partial charge in [-0.2, -0.15) is 0 Å². The molecule has 0 aliphatic rings. The summed E-state index contributed by atoms with van der Waals surface area (Å²) in [5.41, 5.74) is -0.479. The lowest BCUT2D eigenvalue weighted by atomic mass is 10.2. The number of aliphatic imine (C=N–C) groups is 1. The van der Waals surface area contributed by atoms with Crippen LogP contribution in [0.2, 0.25) is 0 Å². The average Bonchev–Trinajstić information content (AvgIpc) is 2.87. The molecule has 0 radical (unpaired) electrons. The number of carbonyl (C=O) groups is 1. The van der Waals surface area contributed by atoms with Gasteiger partial charge in [-0.15, -0.1) is 0 Å². The summed E-state index contributed by atoms with van der Waals surface area (Å²) in [5, 5.41) is 6.29. The molecule has 0 bridgehead atoms. The molecule has 1 aromatic rings. The average molecular weight is 294 g/mol. The Balaban J connectivity index is 2.40. The van der Waals surface area contributed by atoms with E-state index in [4.69, 9.17) is 4.74 Å². The maximum atomic E-state index is 11.6. The quantitative estimate of drug-likeness (QED) is 0.472. The van der Waals surface area contributed by atoms with Gasteiger partial charge < -0.3 is 19.9 Å². The van der Waals surface area contributed by atoms with Crippen LogP contribution in [-0.2, 0) is 16.1 Å². The van der Waals surface area contributed by atoms with E-state index in [2.05, 4.69) is 20.2 Å². The van der Waals surface area contributed by atoms with Gasteiger partial charge in [-0.05, 0) is 39.8 Å². The minimum Gasteiger partial charge on any atom is -0.459 e. The molecule has 6 nitrogen and oxygen atoms in total. The second-order valence-corrected chi connectivity index (χ2v) is 5.63. The van der Waals surface area contributed by atoms with Crippen molar-refractivity contribution in [1.82, 2.24) is 15.2 Å². The van der Waals surface area contributed by atoms with E-state index in [1.807, 2.05) is 52.2 Å². The highest BCUT2D eigenvalue weighted by Gasteiger charge is 2.15. The highest BCUT2D eigenvalue weighted by atomic mass is 16.6. The standard InChI is InChI=1S/C15H26N4O2/c1-5-16-14(17-8-11-19-9-6-7-10-19)18-12-13(20)21-15(2,3)4/h6-7,9-10H,5,8,11-12H2,1-4H3,(H2,16,17,18). The summed E-state index contributed by atoms with van der Waals surface area (Å²) < 4.78 is 7.30. The van der Waals surface area contributed by atoms with Gasteiger partial charge in [0.05, 0.1) is 0 Å². The monoisotopic (exact) mass is 294 g/mol. The number of hydrogen-bond acceptors (Lipinski definition) is 3. The zero-order valence-corrected chi connectivity index (χ0v) is 13.3. The summed E-state index contributed by atoms with van der Waals surface area (Å²) in [4.78, 5) is 15.9. The van der Waals surface area contributed by atoms with Crippen molar-refractivity contribution >= 4 is 11.9 Å². The van der Waals surface area contributed by atoms with Crippen molar-refractivity contribution in [2.24, 2.45) is 4.99 Å². The Bertz CT molecular complexity index is 447. The smallest absolute Gasteiger partial charge is 0.328 e. The molecular weight excluding hydrogens is 268 g/mol. The Kier molecular flexibility index (Phi) is 6.78. The van der Waals surface area contributed by atoms with Gasteiger partial charge in [-0.3, -0.25) is 4.79 Å². The maximum absolute atomic E-state index is 11.6. The van der Waals surface area contributed by atoms with Crippen LogP contribution in [-0.4, -0.2) is 41.7 Å². The van der Waals surface area contributed by atoms with Crippen molar-refractivity contribution in [3.05, 3.63) is 24.5 Å². The SMILES string of the molecule is CCNC(=NCC(=O)OC(C)(C)C)NCCn1cccc1. The highest BCUT2D eigenvalue weighted by molar-refractivity contribution is 5.83. The molecule has 0 unspecified atom stereocenters. The Morgan fingerprint density at radius 1 is 1.24 bits per heavy atom. The molecule has 0 fully saturated rings. The van der Waals surface area contributed by atoms with E-state index in [-0.39, 0.29) is 12.5 Å². The van der Waals surface area contributed by atoms with Crippen LogP contribution in [0.4, 0.5) is 0 Å². The van der Waals surface area contributed by atoms with Crippen LogP contribution in [0.1, 0.15) is 27.7 Å². The third kappa shape index (κ3) is 8.02. The first-order valence-electron chi connectivity index (χ1n) is 7.25. The molecule has 0 aliphatic carbocycles. The van der Waals surface area contributed by atoms with E-state index in [1.54, 1.807) is 0 Å². The number of nitrogens with zero attached hydrogens (tertiary/aromatic N) is 2. The maximum Gasteiger partial charge on any atom is 0.328 e. The van der Waals surface area contributed by atoms with Crippen LogP contribution < -0.4 is 10.6 Å². The Morgan fingerprint density at radius 2 is 1.90 bits per heavy atom. The van der Waals surface area contributed by atoms with Crippen molar-refractivity contribution < 1.29 is 9.53 Å². The number of ether oxygens (including phenoxy) is 1. The number of rotatable bonds is 6. The molecule has 1 rings (SSSR count). The summed E-state index contributed by atoms with van der Waals surface area (Å²) in [6, 6.07) is 3.98. The van der Waals surface area contributed by atoms with E-state index < -0.39 is 5.60 Å². The zero-order chi connectivity index (χ0) is 15.7. The normalized spacial score (nSPS) is 12.1. The lowest BCUT2D eigenvalue weighted by Gasteiger charge is -2.19. The van der Waals surface area contributed by atoms with Crippen LogP contribution in [0.3, 0.4) is 0 Å². The van der Waals surface area contributed by atoms with Gasteiger partial charge in [0.2, 0.25) is 0 Å². The molecule has 0 spiro atoms. The van der Waals surface area contributed by atoms with Gasteiger partial charge in [0.25, 0.3) is 0 Å². The van der Waals surface area contributed by atoms with Gasteiger partial charge in [-0.25, -0.2) is 4.99 Å². The van der Waals surface area contributed by atoms with Gasteiger partial charge in [0.1, 0.15) is 12.1 Å². The molecule has 0 atom stereocenters. The summed E-state index contributed by atoms with van der Waals surface area (Å²) in [6.07, 6.45) is 4.01. The lowest BCUT2D eigenvalue weighted by molar-refractivity contribution is -0.152. The molecule has 0 aliphatic heterocycles.